The van der Waals surface area contributed by atoms with Crippen molar-refractivity contribution in [1.82, 2.24) is 16.2 Å². The number of allylic oxidation sites excluding steroid dienone is 2. The van der Waals surface area contributed by atoms with Crippen LogP contribution < -0.4 is 33.5 Å². The van der Waals surface area contributed by atoms with E-state index < -0.39 is 5.41 Å². The van der Waals surface area contributed by atoms with Crippen molar-refractivity contribution in [1.29, 1.82) is 0 Å². The lowest BCUT2D eigenvalue weighted by molar-refractivity contribution is -0.109. The summed E-state index contributed by atoms with van der Waals surface area (Å²) in [6, 6.07) is 5.69. The number of nitrogens with one attached hydrogen (secondary N) is 3. The molecule has 1 unspecified atom stereocenters. The summed E-state index contributed by atoms with van der Waals surface area (Å²) < 4.78 is 0. The third-order valence-electron chi connectivity index (χ3n) is 5.83. The molecule has 176 valence electrons. The molecule has 1 aromatic carbocycles. The normalized spacial score (nSPS) is 17.1. The standard InChI is InChI=1S/C21H32N6O.C2H5NO/c1-5-13(2)6-8-17-14(3)16-12-15(19(28)25-4)7-9-18(16)21(17,10-11-22)20(23)26-27-24;1-3-2-4/h7,9,12,27H,2,5-6,8,10-11,22,24H2,1,3-4H3,(H2,23,26)(H,25,28);2H,1H3,(H,3,4). The molecule has 1 aliphatic carbocycles. The number of benzene rings is 1. The van der Waals surface area contributed by atoms with Crippen LogP contribution in [-0.2, 0) is 10.2 Å². The number of hydrazine groups is 1. The van der Waals surface area contributed by atoms with E-state index in [0.717, 1.165) is 41.5 Å². The Morgan fingerprint density at radius 3 is 2.47 bits per heavy atom. The van der Waals surface area contributed by atoms with E-state index in [1.165, 1.54) is 5.57 Å². The van der Waals surface area contributed by atoms with E-state index in [4.69, 9.17) is 22.1 Å². The zero-order valence-electron chi connectivity index (χ0n) is 19.5. The lowest BCUT2D eigenvalue weighted by Gasteiger charge is -2.33. The Morgan fingerprint density at radius 2 is 1.97 bits per heavy atom. The highest BCUT2D eigenvalue weighted by atomic mass is 16.1. The molecule has 2 amide bonds. The molecule has 9 nitrogen and oxygen atoms in total. The van der Waals surface area contributed by atoms with E-state index in [0.29, 0.717) is 30.8 Å². The minimum atomic E-state index is -0.643. The van der Waals surface area contributed by atoms with E-state index in [1.807, 2.05) is 18.2 Å². The Kier molecular flexibility index (Phi) is 10.6. The van der Waals surface area contributed by atoms with Crippen LogP contribution in [0.3, 0.4) is 0 Å². The van der Waals surface area contributed by atoms with E-state index in [2.05, 4.69) is 41.7 Å². The maximum atomic E-state index is 12.1. The number of carbonyl (C=O) groups is 2. The van der Waals surface area contributed by atoms with E-state index >= 15 is 0 Å². The quantitative estimate of drug-likeness (QED) is 0.0797. The largest absolute Gasteiger partial charge is 0.385 e. The maximum absolute atomic E-state index is 12.1. The van der Waals surface area contributed by atoms with E-state index in [-0.39, 0.29) is 5.91 Å². The molecule has 0 aliphatic heterocycles. The summed E-state index contributed by atoms with van der Waals surface area (Å²) in [6.45, 7) is 8.74. The van der Waals surface area contributed by atoms with Crippen molar-refractivity contribution in [2.75, 3.05) is 20.6 Å². The number of amidine groups is 1. The highest BCUT2D eigenvalue weighted by molar-refractivity contribution is 6.03. The lowest BCUT2D eigenvalue weighted by atomic mass is 9.71. The van der Waals surface area contributed by atoms with Crippen molar-refractivity contribution in [2.24, 2.45) is 22.4 Å². The third-order valence-corrected chi connectivity index (χ3v) is 5.83. The first kappa shape index (κ1) is 26.9. The predicted molar refractivity (Wildman–Crippen MR) is 131 cm³/mol. The van der Waals surface area contributed by atoms with E-state index in [9.17, 15) is 4.79 Å². The second kappa shape index (κ2) is 12.6. The fourth-order valence-corrected chi connectivity index (χ4v) is 4.12. The molecule has 0 heterocycles. The molecule has 1 aliphatic rings. The molecule has 0 saturated heterocycles. The zero-order valence-corrected chi connectivity index (χ0v) is 19.5. The number of nitrogens with zero attached hydrogens (tertiary/aromatic N) is 1. The molecular weight excluding hydrogens is 406 g/mol. The fraction of sp³-hybridized carbons (Fsp3) is 0.435. The zero-order chi connectivity index (χ0) is 24.3. The van der Waals surface area contributed by atoms with Crippen LogP contribution in [0.4, 0.5) is 0 Å². The molecule has 0 saturated carbocycles. The molecule has 0 aromatic heterocycles. The topological polar surface area (TPSA) is 161 Å². The van der Waals surface area contributed by atoms with Crippen LogP contribution in [0.2, 0.25) is 0 Å². The van der Waals surface area contributed by atoms with Gasteiger partial charge in [-0.05, 0) is 73.6 Å². The van der Waals surface area contributed by atoms with Crippen LogP contribution >= 0.6 is 0 Å². The van der Waals surface area contributed by atoms with Crippen molar-refractivity contribution in [3.8, 4) is 0 Å². The van der Waals surface area contributed by atoms with Crippen LogP contribution in [0.5, 0.6) is 0 Å². The first-order chi connectivity index (χ1) is 15.3. The van der Waals surface area contributed by atoms with Crippen molar-refractivity contribution in [3.63, 3.8) is 0 Å². The van der Waals surface area contributed by atoms with Crippen LogP contribution in [0.25, 0.3) is 5.57 Å². The average Bonchev–Trinajstić information content (AvgIpc) is 3.05. The summed E-state index contributed by atoms with van der Waals surface area (Å²) >= 11 is 0. The van der Waals surface area contributed by atoms with Gasteiger partial charge in [-0.1, -0.05) is 25.1 Å². The highest BCUT2D eigenvalue weighted by Crippen LogP contribution is 2.50. The number of nitrogens with two attached hydrogens (primary N) is 3. The van der Waals surface area contributed by atoms with Gasteiger partial charge in [-0.25, -0.2) is 11.4 Å². The van der Waals surface area contributed by atoms with Gasteiger partial charge in [-0.15, -0.1) is 0 Å². The van der Waals surface area contributed by atoms with Crippen molar-refractivity contribution < 1.29 is 9.59 Å². The van der Waals surface area contributed by atoms with Gasteiger partial charge in [-0.2, -0.15) is 5.10 Å². The van der Waals surface area contributed by atoms with Crippen LogP contribution in [0, 0.1) is 0 Å². The molecule has 1 aromatic rings. The van der Waals surface area contributed by atoms with Gasteiger partial charge >= 0.3 is 0 Å². The summed E-state index contributed by atoms with van der Waals surface area (Å²) in [5.74, 6) is 5.70. The van der Waals surface area contributed by atoms with Crippen molar-refractivity contribution in [3.05, 3.63) is 52.6 Å². The maximum Gasteiger partial charge on any atom is 0.251 e. The van der Waals surface area contributed by atoms with Crippen LogP contribution in [0.1, 0.15) is 61.0 Å². The molecule has 9 heteroatoms. The van der Waals surface area contributed by atoms with Gasteiger partial charge in [0.25, 0.3) is 5.91 Å². The number of hydrazone groups is 1. The Bertz CT molecular complexity index is 892. The molecule has 32 heavy (non-hydrogen) atoms. The van der Waals surface area contributed by atoms with E-state index in [1.54, 1.807) is 14.1 Å². The summed E-state index contributed by atoms with van der Waals surface area (Å²) in [4.78, 5) is 21.2. The van der Waals surface area contributed by atoms with Crippen LogP contribution in [-0.4, -0.2) is 38.8 Å². The molecule has 9 N–H and O–H groups in total. The van der Waals surface area contributed by atoms with Crippen molar-refractivity contribution >= 4 is 23.7 Å². The molecular formula is C23H37N7O2. The van der Waals surface area contributed by atoms with Gasteiger partial charge in [0.1, 0.15) is 5.84 Å². The van der Waals surface area contributed by atoms with Gasteiger partial charge in [0.15, 0.2) is 0 Å². The third kappa shape index (κ3) is 5.54. The minimum Gasteiger partial charge on any atom is -0.385 e. The lowest BCUT2D eigenvalue weighted by Crippen LogP contribution is -2.45. The average molecular weight is 444 g/mol. The highest BCUT2D eigenvalue weighted by Gasteiger charge is 2.46. The fourth-order valence-electron chi connectivity index (χ4n) is 4.12. The Labute approximate surface area is 190 Å². The summed E-state index contributed by atoms with van der Waals surface area (Å²) in [5.41, 5.74) is 20.2. The number of carbonyl (C=O) groups excluding carboxylic acids is 2. The Balaban J connectivity index is 0.00000118. The first-order valence-electron chi connectivity index (χ1n) is 10.6. The monoisotopic (exact) mass is 443 g/mol. The Morgan fingerprint density at radius 1 is 1.31 bits per heavy atom. The molecule has 0 spiro atoms. The number of rotatable bonds is 10. The molecule has 0 bridgehead atoms. The second-order valence-electron chi connectivity index (χ2n) is 7.52. The SMILES string of the molecule is C=C(CC)CCC1=C(C)c2cc(C(=O)NC)ccc2C1(CCN)/C(N)=N/NN.CNC=O. The second-order valence-corrected chi connectivity index (χ2v) is 7.52. The summed E-state index contributed by atoms with van der Waals surface area (Å²) in [5, 5.41) is 9.06. The van der Waals surface area contributed by atoms with Gasteiger partial charge in [0.05, 0.1) is 5.41 Å². The number of hydrogen-bond acceptors (Lipinski definition) is 6. The number of hydrogen-bond donors (Lipinski definition) is 6. The number of amides is 2. The molecule has 0 radical (unpaired) electrons. The number of fused-ring (bicyclic) bond motifs is 1. The first-order valence-corrected chi connectivity index (χ1v) is 10.6. The smallest absolute Gasteiger partial charge is 0.251 e. The Hall–Kier alpha value is -3.17. The molecule has 0 fully saturated rings. The van der Waals surface area contributed by atoms with Gasteiger partial charge < -0.3 is 22.1 Å². The van der Waals surface area contributed by atoms with Gasteiger partial charge in [0.2, 0.25) is 6.41 Å². The molecule has 2 rings (SSSR count). The van der Waals surface area contributed by atoms with Crippen molar-refractivity contribution in [2.45, 2.75) is 44.9 Å². The predicted octanol–water partition coefficient (Wildman–Crippen LogP) is 1.26. The summed E-state index contributed by atoms with van der Waals surface area (Å²) in [7, 11) is 3.18. The minimum absolute atomic E-state index is 0.127. The molecule has 1 atom stereocenters. The summed E-state index contributed by atoms with van der Waals surface area (Å²) in [6.07, 6.45) is 3.80. The van der Waals surface area contributed by atoms with Crippen LogP contribution in [0.15, 0.2) is 41.0 Å². The van der Waals surface area contributed by atoms with Gasteiger partial charge in [-0.3, -0.25) is 9.59 Å². The van der Waals surface area contributed by atoms with Gasteiger partial charge in [0, 0.05) is 19.7 Å².